The van der Waals surface area contributed by atoms with Crippen LogP contribution in [0.3, 0.4) is 0 Å². The number of nitrogens with zero attached hydrogens (tertiary/aromatic N) is 8. The third kappa shape index (κ3) is 3.70. The quantitative estimate of drug-likeness (QED) is 0.390. The fourth-order valence-corrected chi connectivity index (χ4v) is 6.33. The Labute approximate surface area is 227 Å². The zero-order chi connectivity index (χ0) is 27.9. The van der Waals surface area contributed by atoms with E-state index in [-0.39, 0.29) is 17.9 Å². The van der Waals surface area contributed by atoms with Crippen LogP contribution in [0, 0.1) is 0 Å². The SMILES string of the molecule is COc1ncnc(C2CC2)c1-c1nn(C)c2c1C1CCC(C2O)N1c1ccc(-c2nc(C(F)(F)F)cn2C)cn1. The molecule has 10 nitrogen and oxygen atoms in total. The Morgan fingerprint density at radius 1 is 1.05 bits per heavy atom. The Morgan fingerprint density at radius 3 is 2.50 bits per heavy atom. The van der Waals surface area contributed by atoms with Crippen molar-refractivity contribution in [3.05, 3.63) is 53.5 Å². The molecule has 1 N–H and O–H groups in total. The summed E-state index contributed by atoms with van der Waals surface area (Å²) in [7, 11) is 4.94. The monoisotopic (exact) mass is 552 g/mol. The number of aliphatic hydroxyl groups excluding tert-OH is 1. The van der Waals surface area contributed by atoms with Gasteiger partial charge in [0.05, 0.1) is 36.1 Å². The summed E-state index contributed by atoms with van der Waals surface area (Å²) < 4.78 is 48.3. The molecular formula is C27H27F3N8O2. The van der Waals surface area contributed by atoms with E-state index in [1.165, 1.54) is 24.1 Å². The third-order valence-corrected chi connectivity index (χ3v) is 8.21. The lowest BCUT2D eigenvalue weighted by molar-refractivity contribution is -0.140. The Balaban J connectivity index is 1.30. The molecule has 2 aliphatic heterocycles. The summed E-state index contributed by atoms with van der Waals surface area (Å²) in [5.74, 6) is 1.58. The van der Waals surface area contributed by atoms with Crippen molar-refractivity contribution in [1.29, 1.82) is 0 Å². The molecule has 1 saturated heterocycles. The summed E-state index contributed by atoms with van der Waals surface area (Å²) in [5, 5.41) is 16.4. The molecule has 0 radical (unpaired) electrons. The molecule has 7 rings (SSSR count). The summed E-state index contributed by atoms with van der Waals surface area (Å²) in [6.45, 7) is 0. The lowest BCUT2D eigenvalue weighted by Crippen LogP contribution is -2.41. The number of pyridine rings is 1. The van der Waals surface area contributed by atoms with Crippen LogP contribution in [0.25, 0.3) is 22.6 Å². The molecule has 0 spiro atoms. The smallest absolute Gasteiger partial charge is 0.434 e. The van der Waals surface area contributed by atoms with E-state index in [1.807, 2.05) is 7.05 Å². The number of anilines is 1. The van der Waals surface area contributed by atoms with Gasteiger partial charge in [-0.15, -0.1) is 0 Å². The van der Waals surface area contributed by atoms with Gasteiger partial charge in [0.1, 0.15) is 29.8 Å². The second-order valence-electron chi connectivity index (χ2n) is 10.7. The Kier molecular flexibility index (Phi) is 5.47. The van der Waals surface area contributed by atoms with Crippen molar-refractivity contribution in [3.8, 4) is 28.5 Å². The van der Waals surface area contributed by atoms with Gasteiger partial charge in [-0.25, -0.2) is 19.9 Å². The predicted octanol–water partition coefficient (Wildman–Crippen LogP) is 4.33. The van der Waals surface area contributed by atoms with E-state index in [2.05, 4.69) is 24.8 Å². The maximum absolute atomic E-state index is 13.2. The number of hydrogen-bond donors (Lipinski definition) is 1. The topological polar surface area (TPSA) is 107 Å². The fourth-order valence-electron chi connectivity index (χ4n) is 6.33. The third-order valence-electron chi connectivity index (χ3n) is 8.21. The van der Waals surface area contributed by atoms with Gasteiger partial charge >= 0.3 is 6.18 Å². The molecule has 4 aromatic heterocycles. The average Bonchev–Trinajstić information content (AvgIpc) is 3.46. The van der Waals surface area contributed by atoms with Gasteiger partial charge in [-0.3, -0.25) is 4.68 Å². The predicted molar refractivity (Wildman–Crippen MR) is 137 cm³/mol. The molecule has 2 bridgehead atoms. The molecule has 0 aromatic carbocycles. The summed E-state index contributed by atoms with van der Waals surface area (Å²) in [4.78, 5) is 19.5. The van der Waals surface area contributed by atoms with Crippen molar-refractivity contribution >= 4 is 5.82 Å². The van der Waals surface area contributed by atoms with Gasteiger partial charge in [-0.1, -0.05) is 0 Å². The van der Waals surface area contributed by atoms with Gasteiger partial charge in [0.2, 0.25) is 5.88 Å². The first-order valence-corrected chi connectivity index (χ1v) is 13.2. The van der Waals surface area contributed by atoms with Crippen LogP contribution in [-0.2, 0) is 20.3 Å². The highest BCUT2D eigenvalue weighted by Gasteiger charge is 2.50. The van der Waals surface area contributed by atoms with Gasteiger partial charge in [-0.05, 0) is 37.8 Å². The van der Waals surface area contributed by atoms with Crippen LogP contribution in [0.15, 0.2) is 30.9 Å². The van der Waals surface area contributed by atoms with Crippen molar-refractivity contribution < 1.29 is 23.0 Å². The maximum atomic E-state index is 13.2. The van der Waals surface area contributed by atoms with E-state index in [1.54, 1.807) is 23.9 Å². The molecule has 1 saturated carbocycles. The van der Waals surface area contributed by atoms with E-state index >= 15 is 0 Å². The maximum Gasteiger partial charge on any atom is 0.434 e. The van der Waals surface area contributed by atoms with Crippen molar-refractivity contribution in [2.24, 2.45) is 14.1 Å². The number of imidazole rings is 1. The molecule has 4 aromatic rings. The van der Waals surface area contributed by atoms with E-state index in [9.17, 15) is 18.3 Å². The highest BCUT2D eigenvalue weighted by Crippen LogP contribution is 2.54. The van der Waals surface area contributed by atoms with Crippen LogP contribution in [0.4, 0.5) is 19.0 Å². The Morgan fingerprint density at radius 2 is 1.85 bits per heavy atom. The number of methoxy groups -OCH3 is 1. The minimum atomic E-state index is -4.53. The number of aryl methyl sites for hydroxylation is 2. The molecule has 208 valence electrons. The largest absolute Gasteiger partial charge is 0.480 e. The van der Waals surface area contributed by atoms with Crippen molar-refractivity contribution in [3.63, 3.8) is 0 Å². The van der Waals surface area contributed by atoms with Crippen LogP contribution in [0.1, 0.15) is 66.4 Å². The van der Waals surface area contributed by atoms with Crippen molar-refractivity contribution in [1.82, 2.24) is 34.3 Å². The Hall–Kier alpha value is -4.00. The van der Waals surface area contributed by atoms with Crippen LogP contribution in [0.2, 0.25) is 0 Å². The Bertz CT molecular complexity index is 1610. The van der Waals surface area contributed by atoms with Crippen LogP contribution in [-0.4, -0.2) is 52.5 Å². The first-order valence-electron chi connectivity index (χ1n) is 13.2. The zero-order valence-electron chi connectivity index (χ0n) is 22.1. The van der Waals surface area contributed by atoms with Gasteiger partial charge in [0, 0.05) is 43.5 Å². The van der Waals surface area contributed by atoms with Crippen molar-refractivity contribution in [2.45, 2.75) is 56.0 Å². The molecule has 0 amide bonds. The summed E-state index contributed by atoms with van der Waals surface area (Å²) >= 11 is 0. The van der Waals surface area contributed by atoms with Gasteiger partial charge in [-0.2, -0.15) is 18.3 Å². The second kappa shape index (κ2) is 8.75. The number of aromatic nitrogens is 7. The van der Waals surface area contributed by atoms with Crippen LogP contribution < -0.4 is 9.64 Å². The highest BCUT2D eigenvalue weighted by atomic mass is 19.4. The van der Waals surface area contributed by atoms with Gasteiger partial charge in [0.15, 0.2) is 5.69 Å². The van der Waals surface area contributed by atoms with E-state index in [4.69, 9.17) is 9.84 Å². The summed E-state index contributed by atoms with van der Waals surface area (Å²) in [5.41, 5.74) is 3.56. The lowest BCUT2D eigenvalue weighted by Gasteiger charge is -2.39. The number of fused-ring (bicyclic) bond motifs is 4. The number of aliphatic hydroxyl groups is 1. The van der Waals surface area contributed by atoms with Gasteiger partial charge in [0.25, 0.3) is 0 Å². The lowest BCUT2D eigenvalue weighted by atomic mass is 9.92. The summed E-state index contributed by atoms with van der Waals surface area (Å²) in [6.07, 6.45) is 2.27. The second-order valence-corrected chi connectivity index (χ2v) is 10.7. The minimum Gasteiger partial charge on any atom is -0.480 e. The molecule has 40 heavy (non-hydrogen) atoms. The molecule has 2 fully saturated rings. The normalized spacial score (nSPS) is 22.1. The zero-order valence-corrected chi connectivity index (χ0v) is 22.1. The minimum absolute atomic E-state index is 0.118. The molecule has 6 heterocycles. The molecule has 13 heteroatoms. The number of hydrogen-bond acceptors (Lipinski definition) is 8. The molecule has 3 atom stereocenters. The first-order chi connectivity index (χ1) is 19.2. The number of rotatable bonds is 5. The fraction of sp³-hybridized carbons (Fsp3) is 0.444. The molecule has 3 aliphatic rings. The summed E-state index contributed by atoms with van der Waals surface area (Å²) in [6, 6.07) is 3.15. The molecule has 3 unspecified atom stereocenters. The average molecular weight is 553 g/mol. The number of alkyl halides is 3. The van der Waals surface area contributed by atoms with E-state index in [0.29, 0.717) is 28.9 Å². The molecule has 1 aliphatic carbocycles. The van der Waals surface area contributed by atoms with E-state index < -0.39 is 18.0 Å². The molecular weight excluding hydrogens is 525 g/mol. The first kappa shape index (κ1) is 25.0. The highest BCUT2D eigenvalue weighted by molar-refractivity contribution is 5.75. The number of ether oxygens (including phenoxy) is 1. The van der Waals surface area contributed by atoms with Crippen LogP contribution >= 0.6 is 0 Å². The standard InChI is InChI=1S/C27H27F3N8O2/c1-36-11-17(27(28,29)30)34-25(36)14-6-9-18(31-10-14)38-15-7-8-16(38)24(39)23-19(15)22(35-37(23)2)20-21(13-4-5-13)32-12-33-26(20)40-3/h6,9-13,15-16,24,39H,4-5,7-8H2,1-3H3. The van der Waals surface area contributed by atoms with Gasteiger partial charge < -0.3 is 19.3 Å². The van der Waals surface area contributed by atoms with E-state index in [0.717, 1.165) is 54.4 Å². The van der Waals surface area contributed by atoms with Crippen LogP contribution in [0.5, 0.6) is 5.88 Å². The number of halogens is 3. The van der Waals surface area contributed by atoms with Crippen molar-refractivity contribution in [2.75, 3.05) is 12.0 Å².